The van der Waals surface area contributed by atoms with Gasteiger partial charge in [-0.2, -0.15) is 0 Å². The van der Waals surface area contributed by atoms with Crippen molar-refractivity contribution in [3.05, 3.63) is 40.9 Å². The SMILES string of the molecule is CCCCCCCCCCCC(CC)OC(C)=O.O=c1[nH]cnc2ccccc12. The topological polar surface area (TPSA) is 72.1 Å². The van der Waals surface area contributed by atoms with Crippen LogP contribution in [0.3, 0.4) is 0 Å². The van der Waals surface area contributed by atoms with E-state index in [1.807, 2.05) is 18.2 Å². The van der Waals surface area contributed by atoms with Gasteiger partial charge in [-0.25, -0.2) is 4.98 Å². The molecule has 0 amide bonds. The van der Waals surface area contributed by atoms with Crippen LogP contribution in [-0.2, 0) is 9.53 Å². The molecule has 29 heavy (non-hydrogen) atoms. The quantitative estimate of drug-likeness (QED) is 0.340. The number of hydrogen-bond acceptors (Lipinski definition) is 4. The Labute approximate surface area is 175 Å². The average Bonchev–Trinajstić information content (AvgIpc) is 2.72. The zero-order valence-electron chi connectivity index (χ0n) is 18.4. The van der Waals surface area contributed by atoms with Gasteiger partial charge in [-0.15, -0.1) is 0 Å². The van der Waals surface area contributed by atoms with E-state index in [1.54, 1.807) is 6.07 Å². The van der Waals surface area contributed by atoms with Crippen molar-refractivity contribution in [2.45, 2.75) is 97.5 Å². The summed E-state index contributed by atoms with van der Waals surface area (Å²) in [5.41, 5.74) is 0.645. The molecule has 0 radical (unpaired) electrons. The molecular weight excluding hydrogens is 364 g/mol. The third-order valence-corrected chi connectivity index (χ3v) is 4.97. The summed E-state index contributed by atoms with van der Waals surface area (Å²) >= 11 is 0. The fraction of sp³-hybridized carbons (Fsp3) is 0.625. The lowest BCUT2D eigenvalue weighted by atomic mass is 10.0. The summed E-state index contributed by atoms with van der Waals surface area (Å²) in [5.74, 6) is -0.141. The van der Waals surface area contributed by atoms with Crippen molar-refractivity contribution in [2.75, 3.05) is 0 Å². The molecule has 0 fully saturated rings. The largest absolute Gasteiger partial charge is 0.463 e. The zero-order chi connectivity index (χ0) is 21.3. The van der Waals surface area contributed by atoms with Crippen LogP contribution in [0, 0.1) is 0 Å². The van der Waals surface area contributed by atoms with Crippen LogP contribution in [0.5, 0.6) is 0 Å². The van der Waals surface area contributed by atoms with E-state index in [2.05, 4.69) is 23.8 Å². The Bertz CT molecular complexity index is 737. The summed E-state index contributed by atoms with van der Waals surface area (Å²) < 4.78 is 5.23. The van der Waals surface area contributed by atoms with E-state index >= 15 is 0 Å². The smallest absolute Gasteiger partial charge is 0.302 e. The molecule has 1 N–H and O–H groups in total. The van der Waals surface area contributed by atoms with Crippen LogP contribution in [0.25, 0.3) is 10.9 Å². The highest BCUT2D eigenvalue weighted by Gasteiger charge is 2.08. The highest BCUT2D eigenvalue weighted by molar-refractivity contribution is 5.76. The summed E-state index contributed by atoms with van der Waals surface area (Å²) in [5, 5.41) is 0.634. The summed E-state index contributed by atoms with van der Waals surface area (Å²) in [6.07, 6.45) is 15.6. The fourth-order valence-electron chi connectivity index (χ4n) is 3.28. The number of hydrogen-bond donors (Lipinski definition) is 1. The summed E-state index contributed by atoms with van der Waals surface area (Å²) in [6.45, 7) is 5.84. The van der Waals surface area contributed by atoms with E-state index in [0.29, 0.717) is 5.39 Å². The number of nitrogens with one attached hydrogen (secondary N) is 1. The Kier molecular flexibility index (Phi) is 13.5. The van der Waals surface area contributed by atoms with Crippen LogP contribution in [-0.4, -0.2) is 22.0 Å². The number of H-pyrrole nitrogens is 1. The van der Waals surface area contributed by atoms with Gasteiger partial charge in [-0.05, 0) is 31.4 Å². The number of unbranched alkanes of at least 4 members (excludes halogenated alkanes) is 8. The van der Waals surface area contributed by atoms with E-state index in [4.69, 9.17) is 4.74 Å². The molecule has 1 aromatic carbocycles. The zero-order valence-corrected chi connectivity index (χ0v) is 18.4. The number of benzene rings is 1. The van der Waals surface area contributed by atoms with Gasteiger partial charge in [0.15, 0.2) is 0 Å². The summed E-state index contributed by atoms with van der Waals surface area (Å²) in [6, 6.07) is 7.24. The molecule has 0 spiro atoms. The predicted octanol–water partition coefficient (Wildman–Crippen LogP) is 6.17. The summed E-state index contributed by atoms with van der Waals surface area (Å²) in [7, 11) is 0. The normalized spacial score (nSPS) is 11.6. The third-order valence-electron chi connectivity index (χ3n) is 4.97. The second-order valence-corrected chi connectivity index (χ2v) is 7.51. The van der Waals surface area contributed by atoms with E-state index in [1.165, 1.54) is 71.0 Å². The second-order valence-electron chi connectivity index (χ2n) is 7.51. The van der Waals surface area contributed by atoms with Gasteiger partial charge in [-0.3, -0.25) is 9.59 Å². The van der Waals surface area contributed by atoms with Crippen molar-refractivity contribution in [3.63, 3.8) is 0 Å². The van der Waals surface area contributed by atoms with Gasteiger partial charge in [0, 0.05) is 6.92 Å². The first-order valence-corrected chi connectivity index (χ1v) is 11.2. The Hall–Kier alpha value is -2.17. The molecule has 5 heteroatoms. The van der Waals surface area contributed by atoms with Crippen LogP contribution in [0.1, 0.15) is 91.4 Å². The number of para-hydroxylation sites is 1. The molecule has 0 aliphatic rings. The average molecular weight is 403 g/mol. The minimum Gasteiger partial charge on any atom is -0.463 e. The first-order chi connectivity index (χ1) is 14.1. The molecule has 0 bridgehead atoms. The predicted molar refractivity (Wildman–Crippen MR) is 120 cm³/mol. The molecule has 0 aliphatic carbocycles. The van der Waals surface area contributed by atoms with Crippen LogP contribution < -0.4 is 5.56 Å². The molecule has 5 nitrogen and oxygen atoms in total. The second kappa shape index (κ2) is 15.7. The monoisotopic (exact) mass is 402 g/mol. The molecule has 0 saturated heterocycles. The molecule has 2 rings (SSSR count). The third kappa shape index (κ3) is 11.4. The molecule has 1 heterocycles. The number of aromatic amines is 1. The van der Waals surface area contributed by atoms with Crippen molar-refractivity contribution < 1.29 is 9.53 Å². The minimum absolute atomic E-state index is 0.0874. The Morgan fingerprint density at radius 3 is 2.21 bits per heavy atom. The van der Waals surface area contributed by atoms with E-state index in [9.17, 15) is 9.59 Å². The van der Waals surface area contributed by atoms with E-state index in [-0.39, 0.29) is 17.6 Å². The van der Waals surface area contributed by atoms with Crippen molar-refractivity contribution in [1.29, 1.82) is 0 Å². The maximum absolute atomic E-state index is 11.1. The van der Waals surface area contributed by atoms with Gasteiger partial charge in [0.2, 0.25) is 0 Å². The van der Waals surface area contributed by atoms with Crippen LogP contribution in [0.4, 0.5) is 0 Å². The van der Waals surface area contributed by atoms with Gasteiger partial charge < -0.3 is 9.72 Å². The van der Waals surface area contributed by atoms with Crippen LogP contribution in [0.15, 0.2) is 35.4 Å². The minimum atomic E-state index is -0.141. The maximum Gasteiger partial charge on any atom is 0.302 e. The first-order valence-electron chi connectivity index (χ1n) is 11.2. The number of esters is 1. The number of ether oxygens (including phenoxy) is 1. The van der Waals surface area contributed by atoms with Crippen LogP contribution in [0.2, 0.25) is 0 Å². The Morgan fingerprint density at radius 1 is 1.00 bits per heavy atom. The molecule has 1 atom stereocenters. The number of rotatable bonds is 12. The highest BCUT2D eigenvalue weighted by Crippen LogP contribution is 2.13. The standard InChI is InChI=1S/C16H32O2.C8H6N2O/c1-4-6-7-8-9-10-11-12-13-14-16(5-2)18-15(3)17;11-8-6-3-1-2-4-7(6)9-5-10-8/h16H,4-14H2,1-3H3;1-5H,(H,9,10,11). The molecule has 1 unspecified atom stereocenters. The molecule has 2 aromatic rings. The lowest BCUT2D eigenvalue weighted by Gasteiger charge is -2.14. The lowest BCUT2D eigenvalue weighted by Crippen LogP contribution is -2.14. The first kappa shape index (κ1) is 24.9. The van der Waals surface area contributed by atoms with Crippen molar-refractivity contribution in [2.24, 2.45) is 0 Å². The molecule has 0 aliphatic heterocycles. The number of aromatic nitrogens is 2. The van der Waals surface area contributed by atoms with Gasteiger partial charge >= 0.3 is 5.97 Å². The summed E-state index contributed by atoms with van der Waals surface area (Å²) in [4.78, 5) is 28.4. The molecular formula is C24H38N2O3. The van der Waals surface area contributed by atoms with Gasteiger partial charge in [0.1, 0.15) is 6.10 Å². The number of carbonyl (C=O) groups excluding carboxylic acids is 1. The molecule has 1 aromatic heterocycles. The maximum atomic E-state index is 11.1. The number of nitrogens with zero attached hydrogens (tertiary/aromatic N) is 1. The van der Waals surface area contributed by atoms with Gasteiger partial charge in [0.05, 0.1) is 17.2 Å². The Balaban J connectivity index is 0.000000321. The number of carbonyl (C=O) groups is 1. The van der Waals surface area contributed by atoms with Crippen molar-refractivity contribution in [1.82, 2.24) is 9.97 Å². The number of fused-ring (bicyclic) bond motifs is 1. The molecule has 0 saturated carbocycles. The van der Waals surface area contributed by atoms with Gasteiger partial charge in [0.25, 0.3) is 5.56 Å². The molecule has 162 valence electrons. The Morgan fingerprint density at radius 2 is 1.62 bits per heavy atom. The van der Waals surface area contributed by atoms with Crippen molar-refractivity contribution in [3.8, 4) is 0 Å². The van der Waals surface area contributed by atoms with E-state index < -0.39 is 0 Å². The van der Waals surface area contributed by atoms with Crippen LogP contribution >= 0.6 is 0 Å². The van der Waals surface area contributed by atoms with Gasteiger partial charge in [-0.1, -0.05) is 77.3 Å². The lowest BCUT2D eigenvalue weighted by molar-refractivity contribution is -0.146. The fourth-order valence-corrected chi connectivity index (χ4v) is 3.28. The van der Waals surface area contributed by atoms with Crippen molar-refractivity contribution >= 4 is 16.9 Å². The van der Waals surface area contributed by atoms with E-state index in [0.717, 1.165) is 18.4 Å². The highest BCUT2D eigenvalue weighted by atomic mass is 16.5.